The van der Waals surface area contributed by atoms with Gasteiger partial charge in [0.05, 0.1) is 0 Å². The quantitative estimate of drug-likeness (QED) is 0.545. The standard InChI is InChI=1S/C5F10O/c6-2(7)1(3(8,9)10)16-5(14,15)4(11,12)13. The monoisotopic (exact) mass is 266 g/mol. The first kappa shape index (κ1) is 14.8. The first-order valence-corrected chi connectivity index (χ1v) is 3.05. The Labute approximate surface area is 80.3 Å². The molecule has 0 radical (unpaired) electrons. The lowest BCUT2D eigenvalue weighted by Crippen LogP contribution is -2.40. The lowest BCUT2D eigenvalue weighted by atomic mass is 10.5. The Morgan fingerprint density at radius 3 is 1.31 bits per heavy atom. The van der Waals surface area contributed by atoms with Crippen molar-refractivity contribution in [3.63, 3.8) is 0 Å². The topological polar surface area (TPSA) is 9.23 Å². The Hall–Kier alpha value is -1.16. The van der Waals surface area contributed by atoms with E-state index in [0.29, 0.717) is 0 Å². The summed E-state index contributed by atoms with van der Waals surface area (Å²) in [6.07, 6.45) is -22.9. The van der Waals surface area contributed by atoms with Crippen molar-refractivity contribution in [2.75, 3.05) is 0 Å². The van der Waals surface area contributed by atoms with Crippen LogP contribution in [0.2, 0.25) is 0 Å². The van der Waals surface area contributed by atoms with Gasteiger partial charge in [-0.1, -0.05) is 0 Å². The van der Waals surface area contributed by atoms with Gasteiger partial charge in [-0.05, 0) is 0 Å². The smallest absolute Gasteiger partial charge is 0.415 e. The highest BCUT2D eigenvalue weighted by Gasteiger charge is 2.63. The van der Waals surface area contributed by atoms with Crippen LogP contribution in [0, 0.1) is 0 Å². The molecule has 0 spiro atoms. The van der Waals surface area contributed by atoms with Crippen molar-refractivity contribution in [3.8, 4) is 0 Å². The number of halogens is 10. The van der Waals surface area contributed by atoms with E-state index in [1.54, 1.807) is 0 Å². The van der Waals surface area contributed by atoms with Gasteiger partial charge in [-0.25, -0.2) is 0 Å². The molecule has 0 aliphatic carbocycles. The lowest BCUT2D eigenvalue weighted by Gasteiger charge is -2.22. The minimum absolute atomic E-state index is 1.97. The lowest BCUT2D eigenvalue weighted by molar-refractivity contribution is -0.389. The van der Waals surface area contributed by atoms with Crippen LogP contribution >= 0.6 is 0 Å². The molecule has 0 aromatic carbocycles. The van der Waals surface area contributed by atoms with E-state index in [2.05, 4.69) is 0 Å². The molecule has 0 unspecified atom stereocenters. The van der Waals surface area contributed by atoms with Crippen molar-refractivity contribution in [2.45, 2.75) is 18.5 Å². The van der Waals surface area contributed by atoms with Crippen molar-refractivity contribution < 1.29 is 48.6 Å². The molecule has 11 heteroatoms. The van der Waals surface area contributed by atoms with E-state index >= 15 is 0 Å². The predicted molar refractivity (Wildman–Crippen MR) is 27.4 cm³/mol. The molecule has 16 heavy (non-hydrogen) atoms. The van der Waals surface area contributed by atoms with Gasteiger partial charge in [-0.2, -0.15) is 43.9 Å². The summed E-state index contributed by atoms with van der Waals surface area (Å²) in [7, 11) is 0. The fraction of sp³-hybridized carbons (Fsp3) is 0.600. The van der Waals surface area contributed by atoms with Crippen molar-refractivity contribution in [1.29, 1.82) is 0 Å². The summed E-state index contributed by atoms with van der Waals surface area (Å²) in [5, 5.41) is 0. The Balaban J connectivity index is 5.18. The van der Waals surface area contributed by atoms with Gasteiger partial charge in [0.2, 0.25) is 0 Å². The fourth-order valence-electron chi connectivity index (χ4n) is 0.390. The molecule has 1 nitrogen and oxygen atoms in total. The molecule has 0 aliphatic rings. The van der Waals surface area contributed by atoms with Crippen LogP contribution in [0.3, 0.4) is 0 Å². The molecule has 0 aromatic rings. The first-order chi connectivity index (χ1) is 6.79. The maximum atomic E-state index is 11.9. The van der Waals surface area contributed by atoms with Crippen LogP contribution in [0.4, 0.5) is 43.9 Å². The molecule has 96 valence electrons. The van der Waals surface area contributed by atoms with E-state index in [0.717, 1.165) is 0 Å². The minimum atomic E-state index is -6.54. The summed E-state index contributed by atoms with van der Waals surface area (Å²) in [6, 6.07) is 0. The molecule has 0 saturated heterocycles. The number of hydrogen-bond acceptors (Lipinski definition) is 1. The maximum Gasteiger partial charge on any atom is 0.499 e. The zero-order valence-electron chi connectivity index (χ0n) is 6.69. The Kier molecular flexibility index (Phi) is 3.72. The summed E-state index contributed by atoms with van der Waals surface area (Å²) in [4.78, 5) is 0. The van der Waals surface area contributed by atoms with Crippen LogP contribution in [0.15, 0.2) is 11.8 Å². The van der Waals surface area contributed by atoms with E-state index in [4.69, 9.17) is 0 Å². The highest BCUT2D eigenvalue weighted by molar-refractivity contribution is 5.02. The van der Waals surface area contributed by atoms with E-state index < -0.39 is 30.3 Å². The number of hydrogen-bond donors (Lipinski definition) is 0. The average Bonchev–Trinajstić information content (AvgIpc) is 1.95. The van der Waals surface area contributed by atoms with Gasteiger partial charge in [0.15, 0.2) is 0 Å². The van der Waals surface area contributed by atoms with Gasteiger partial charge in [0, 0.05) is 0 Å². The summed E-state index contributed by atoms with van der Waals surface area (Å²) >= 11 is 0. The number of ether oxygens (including phenoxy) is 1. The van der Waals surface area contributed by atoms with Crippen LogP contribution in [0.1, 0.15) is 0 Å². The third kappa shape index (κ3) is 3.45. The third-order valence-electron chi connectivity index (χ3n) is 0.989. The summed E-state index contributed by atoms with van der Waals surface area (Å²) in [5.41, 5.74) is 0. The fourth-order valence-corrected chi connectivity index (χ4v) is 0.390. The van der Waals surface area contributed by atoms with E-state index in [1.807, 2.05) is 4.74 Å². The molecule has 0 amide bonds. The molecule has 0 aromatic heterocycles. The highest BCUT2D eigenvalue weighted by Crippen LogP contribution is 2.42. The van der Waals surface area contributed by atoms with Crippen LogP contribution in [0.5, 0.6) is 0 Å². The van der Waals surface area contributed by atoms with Crippen molar-refractivity contribution in [3.05, 3.63) is 11.8 Å². The molecule has 0 aliphatic heterocycles. The van der Waals surface area contributed by atoms with Gasteiger partial charge < -0.3 is 4.74 Å². The molecule has 0 heterocycles. The second kappa shape index (κ2) is 4.01. The van der Waals surface area contributed by atoms with E-state index in [1.165, 1.54) is 0 Å². The van der Waals surface area contributed by atoms with Gasteiger partial charge >= 0.3 is 24.5 Å². The summed E-state index contributed by atoms with van der Waals surface area (Å²) in [5.74, 6) is -3.69. The van der Waals surface area contributed by atoms with Crippen LogP contribution in [0.25, 0.3) is 0 Å². The molecule has 0 N–H and O–H groups in total. The molecule has 0 saturated carbocycles. The molecular formula is C5F10O. The normalized spacial score (nSPS) is 13.6. The second-order valence-electron chi connectivity index (χ2n) is 2.20. The number of allylic oxidation sites excluding steroid dienone is 1. The van der Waals surface area contributed by atoms with Crippen molar-refractivity contribution in [1.82, 2.24) is 0 Å². The largest absolute Gasteiger partial charge is 0.499 e. The van der Waals surface area contributed by atoms with Gasteiger partial charge in [-0.3, -0.25) is 0 Å². The SMILES string of the molecule is FC(F)=C(OC(F)(F)C(F)(F)F)C(F)(F)F. The Bertz CT molecular complexity index is 279. The summed E-state index contributed by atoms with van der Waals surface area (Å²) in [6.45, 7) is 0. The summed E-state index contributed by atoms with van der Waals surface area (Å²) < 4.78 is 117. The van der Waals surface area contributed by atoms with Gasteiger partial charge in [0.25, 0.3) is 5.76 Å². The second-order valence-corrected chi connectivity index (χ2v) is 2.20. The van der Waals surface area contributed by atoms with Crippen LogP contribution < -0.4 is 0 Å². The molecule has 0 fully saturated rings. The predicted octanol–water partition coefficient (Wildman–Crippen LogP) is 3.83. The zero-order valence-corrected chi connectivity index (χ0v) is 6.69. The Morgan fingerprint density at radius 2 is 1.12 bits per heavy atom. The number of alkyl halides is 8. The van der Waals surface area contributed by atoms with Crippen LogP contribution in [-0.4, -0.2) is 18.5 Å². The van der Waals surface area contributed by atoms with Crippen molar-refractivity contribution >= 4 is 0 Å². The van der Waals surface area contributed by atoms with E-state index in [-0.39, 0.29) is 0 Å². The minimum Gasteiger partial charge on any atom is -0.415 e. The maximum absolute atomic E-state index is 11.9. The number of rotatable bonds is 2. The zero-order chi connectivity index (χ0) is 13.4. The molecule has 0 bridgehead atoms. The molecular weight excluding hydrogens is 266 g/mol. The highest BCUT2D eigenvalue weighted by atomic mass is 19.4. The third-order valence-corrected chi connectivity index (χ3v) is 0.989. The van der Waals surface area contributed by atoms with Gasteiger partial charge in [-0.15, -0.1) is 0 Å². The molecule has 0 rings (SSSR count). The Morgan fingerprint density at radius 1 is 0.750 bits per heavy atom. The van der Waals surface area contributed by atoms with Gasteiger partial charge in [0.1, 0.15) is 0 Å². The molecule has 0 atom stereocenters. The van der Waals surface area contributed by atoms with Crippen molar-refractivity contribution in [2.24, 2.45) is 0 Å². The average molecular weight is 266 g/mol. The van der Waals surface area contributed by atoms with E-state index in [9.17, 15) is 43.9 Å². The first-order valence-electron chi connectivity index (χ1n) is 3.05. The van der Waals surface area contributed by atoms with Crippen LogP contribution in [-0.2, 0) is 4.74 Å².